The molecule has 0 saturated heterocycles. The van der Waals surface area contributed by atoms with Crippen LogP contribution in [0, 0.1) is 13.8 Å². The normalized spacial score (nSPS) is 15.2. The van der Waals surface area contributed by atoms with Crippen molar-refractivity contribution in [3.05, 3.63) is 53.6 Å². The van der Waals surface area contributed by atoms with Crippen molar-refractivity contribution >= 4 is 21.6 Å². The summed E-state index contributed by atoms with van der Waals surface area (Å²) in [5.41, 5.74) is 2.79. The van der Waals surface area contributed by atoms with Gasteiger partial charge in [0.15, 0.2) is 6.61 Å². The lowest BCUT2D eigenvalue weighted by Crippen LogP contribution is -2.38. The second-order valence-electron chi connectivity index (χ2n) is 7.92. The number of amides is 1. The number of sulfonamides is 1. The molecule has 0 aromatic heterocycles. The summed E-state index contributed by atoms with van der Waals surface area (Å²) in [6.45, 7) is 3.89. The summed E-state index contributed by atoms with van der Waals surface area (Å²) in [5.74, 6) is 0.337. The van der Waals surface area contributed by atoms with Crippen molar-refractivity contribution in [2.45, 2.75) is 56.9 Å². The molecule has 0 radical (unpaired) electrons. The number of aryl methyl sites for hydroxylation is 2. The second kappa shape index (κ2) is 9.62. The molecule has 1 N–H and O–H groups in total. The number of ether oxygens (including phenoxy) is 1. The number of hydrogen-bond donors (Lipinski definition) is 1. The van der Waals surface area contributed by atoms with Crippen LogP contribution in [0.2, 0.25) is 0 Å². The van der Waals surface area contributed by atoms with Gasteiger partial charge in [0.05, 0.1) is 4.90 Å². The van der Waals surface area contributed by atoms with Crippen molar-refractivity contribution in [1.29, 1.82) is 0 Å². The third-order valence-corrected chi connectivity index (χ3v) is 7.68. The molecule has 0 heterocycles. The number of hydrogen-bond acceptors (Lipinski definition) is 4. The largest absolute Gasteiger partial charge is 0.484 e. The lowest BCUT2D eigenvalue weighted by Gasteiger charge is -2.30. The van der Waals surface area contributed by atoms with Crippen molar-refractivity contribution in [1.82, 2.24) is 4.31 Å². The van der Waals surface area contributed by atoms with Crippen LogP contribution in [0.1, 0.15) is 43.2 Å². The van der Waals surface area contributed by atoms with Gasteiger partial charge in [0, 0.05) is 18.8 Å². The summed E-state index contributed by atoms with van der Waals surface area (Å²) in [4.78, 5) is 12.4. The molecule has 3 rings (SSSR count). The van der Waals surface area contributed by atoms with Gasteiger partial charge in [0.1, 0.15) is 5.75 Å². The van der Waals surface area contributed by atoms with Crippen LogP contribution in [-0.4, -0.2) is 38.3 Å². The molecule has 0 bridgehead atoms. The van der Waals surface area contributed by atoms with E-state index in [9.17, 15) is 13.2 Å². The van der Waals surface area contributed by atoms with E-state index < -0.39 is 10.0 Å². The fraction of sp³-hybridized carbons (Fsp3) is 0.435. The highest BCUT2D eigenvalue weighted by Crippen LogP contribution is 2.27. The molecule has 1 fully saturated rings. The highest BCUT2D eigenvalue weighted by Gasteiger charge is 2.28. The maximum Gasteiger partial charge on any atom is 0.262 e. The van der Waals surface area contributed by atoms with Crippen molar-refractivity contribution in [2.75, 3.05) is 19.0 Å². The van der Waals surface area contributed by atoms with E-state index in [4.69, 9.17) is 4.74 Å². The first-order valence-electron chi connectivity index (χ1n) is 10.4. The SMILES string of the molecule is Cc1ccc(OCC(=O)Nc2ccc(S(=O)(=O)N(C)C3CCCCC3)cc2)cc1C. The van der Waals surface area contributed by atoms with Gasteiger partial charge in [-0.25, -0.2) is 8.42 Å². The summed E-state index contributed by atoms with van der Waals surface area (Å²) in [5, 5.41) is 2.74. The van der Waals surface area contributed by atoms with Crippen LogP contribution in [0.3, 0.4) is 0 Å². The first kappa shape index (κ1) is 22.3. The first-order chi connectivity index (χ1) is 14.3. The van der Waals surface area contributed by atoms with E-state index in [-0.39, 0.29) is 23.5 Å². The molecular formula is C23H30N2O4S. The van der Waals surface area contributed by atoms with Crippen LogP contribution >= 0.6 is 0 Å². The van der Waals surface area contributed by atoms with Crippen molar-refractivity contribution in [2.24, 2.45) is 0 Å². The Labute approximate surface area is 179 Å². The van der Waals surface area contributed by atoms with Crippen LogP contribution in [0.25, 0.3) is 0 Å². The smallest absolute Gasteiger partial charge is 0.262 e. The number of rotatable bonds is 7. The molecule has 2 aromatic rings. The van der Waals surface area contributed by atoms with Crippen LogP contribution in [-0.2, 0) is 14.8 Å². The number of nitrogens with one attached hydrogen (secondary N) is 1. The average molecular weight is 431 g/mol. The second-order valence-corrected chi connectivity index (χ2v) is 9.92. The minimum Gasteiger partial charge on any atom is -0.484 e. The van der Waals surface area contributed by atoms with Gasteiger partial charge < -0.3 is 10.1 Å². The predicted octanol–water partition coefficient (Wildman–Crippen LogP) is 4.27. The third kappa shape index (κ3) is 5.40. The number of anilines is 1. The van der Waals surface area contributed by atoms with Crippen molar-refractivity contribution in [3.63, 3.8) is 0 Å². The molecule has 6 nitrogen and oxygen atoms in total. The van der Waals surface area contributed by atoms with Gasteiger partial charge in [-0.15, -0.1) is 0 Å². The molecule has 1 amide bonds. The van der Waals surface area contributed by atoms with Crippen molar-refractivity contribution in [3.8, 4) is 5.75 Å². The first-order valence-corrected chi connectivity index (χ1v) is 11.8. The maximum absolute atomic E-state index is 12.9. The third-order valence-electron chi connectivity index (χ3n) is 5.75. The molecule has 0 spiro atoms. The van der Waals surface area contributed by atoms with Crippen molar-refractivity contribution < 1.29 is 17.9 Å². The van der Waals surface area contributed by atoms with Crippen LogP contribution < -0.4 is 10.1 Å². The Morgan fingerprint density at radius 3 is 2.33 bits per heavy atom. The molecule has 1 aliphatic rings. The van der Waals surface area contributed by atoms with Crippen LogP contribution in [0.5, 0.6) is 5.75 Å². The van der Waals surface area contributed by atoms with Gasteiger partial charge >= 0.3 is 0 Å². The van der Waals surface area contributed by atoms with Gasteiger partial charge in [-0.2, -0.15) is 4.31 Å². The van der Waals surface area contributed by atoms with Crippen LogP contribution in [0.4, 0.5) is 5.69 Å². The minimum atomic E-state index is -3.54. The standard InChI is InChI=1S/C23H30N2O4S/c1-17-9-12-21(15-18(17)2)29-16-23(26)24-19-10-13-22(14-11-19)30(27,28)25(3)20-7-5-4-6-8-20/h9-15,20H,4-8,16H2,1-3H3,(H,24,26). The zero-order valence-corrected chi connectivity index (χ0v) is 18.7. The Morgan fingerprint density at radius 1 is 1.03 bits per heavy atom. The Kier molecular flexibility index (Phi) is 7.15. The number of benzene rings is 2. The van der Waals surface area contributed by atoms with Gasteiger partial charge in [-0.1, -0.05) is 25.3 Å². The fourth-order valence-corrected chi connectivity index (χ4v) is 5.08. The van der Waals surface area contributed by atoms with Gasteiger partial charge in [0.25, 0.3) is 5.91 Å². The molecule has 0 unspecified atom stereocenters. The topological polar surface area (TPSA) is 75.7 Å². The molecular weight excluding hydrogens is 400 g/mol. The van der Waals surface area contributed by atoms with Gasteiger partial charge in [-0.05, 0) is 74.2 Å². The van der Waals surface area contributed by atoms with Gasteiger partial charge in [0.2, 0.25) is 10.0 Å². The highest BCUT2D eigenvalue weighted by atomic mass is 32.2. The minimum absolute atomic E-state index is 0.0608. The maximum atomic E-state index is 12.9. The fourth-order valence-electron chi connectivity index (χ4n) is 3.67. The molecule has 0 aliphatic heterocycles. The Hall–Kier alpha value is -2.38. The average Bonchev–Trinajstić information content (AvgIpc) is 2.75. The van der Waals surface area contributed by atoms with E-state index in [1.807, 2.05) is 32.0 Å². The van der Waals surface area contributed by atoms with E-state index in [2.05, 4.69) is 5.32 Å². The molecule has 7 heteroatoms. The Balaban J connectivity index is 1.58. The quantitative estimate of drug-likeness (QED) is 0.712. The number of nitrogens with zero attached hydrogens (tertiary/aromatic N) is 1. The monoisotopic (exact) mass is 430 g/mol. The van der Waals surface area contributed by atoms with Gasteiger partial charge in [-0.3, -0.25) is 4.79 Å². The Bertz CT molecular complexity index is 981. The molecule has 2 aromatic carbocycles. The van der Waals surface area contributed by atoms with E-state index in [0.29, 0.717) is 11.4 Å². The van der Waals surface area contributed by atoms with E-state index in [1.54, 1.807) is 19.2 Å². The molecule has 1 saturated carbocycles. The van der Waals surface area contributed by atoms with E-state index >= 15 is 0 Å². The molecule has 0 atom stereocenters. The lowest BCUT2D eigenvalue weighted by atomic mass is 9.96. The summed E-state index contributed by atoms with van der Waals surface area (Å²) in [6.07, 6.45) is 5.13. The summed E-state index contributed by atoms with van der Waals surface area (Å²) < 4.78 is 32.8. The summed E-state index contributed by atoms with van der Waals surface area (Å²) in [6, 6.07) is 12.0. The van der Waals surface area contributed by atoms with E-state index in [0.717, 1.165) is 36.8 Å². The predicted molar refractivity (Wildman–Crippen MR) is 118 cm³/mol. The zero-order chi connectivity index (χ0) is 21.7. The lowest BCUT2D eigenvalue weighted by molar-refractivity contribution is -0.118. The summed E-state index contributed by atoms with van der Waals surface area (Å²) >= 11 is 0. The number of carbonyl (C=O) groups excluding carboxylic acids is 1. The highest BCUT2D eigenvalue weighted by molar-refractivity contribution is 7.89. The molecule has 30 heavy (non-hydrogen) atoms. The van der Waals surface area contributed by atoms with E-state index in [1.165, 1.54) is 22.9 Å². The number of carbonyl (C=O) groups is 1. The molecule has 1 aliphatic carbocycles. The van der Waals surface area contributed by atoms with Crippen LogP contribution in [0.15, 0.2) is 47.4 Å². The Morgan fingerprint density at radius 2 is 1.70 bits per heavy atom. The molecule has 162 valence electrons. The summed E-state index contributed by atoms with van der Waals surface area (Å²) in [7, 11) is -1.88. The zero-order valence-electron chi connectivity index (χ0n) is 17.8.